The third-order valence-electron chi connectivity index (χ3n) is 2.11. The van der Waals surface area contributed by atoms with Gasteiger partial charge >= 0.3 is 6.18 Å². The Bertz CT molecular complexity index is 649. The highest BCUT2D eigenvalue weighted by atomic mass is 35.5. The lowest BCUT2D eigenvalue weighted by atomic mass is 10.3. The molecule has 0 atom stereocenters. The van der Waals surface area contributed by atoms with E-state index in [9.17, 15) is 13.2 Å². The highest BCUT2D eigenvalue weighted by molar-refractivity contribution is 6.42. The van der Waals surface area contributed by atoms with Gasteiger partial charge in [0, 0.05) is 6.07 Å². The molecule has 2 rings (SSSR count). The van der Waals surface area contributed by atoms with Gasteiger partial charge in [0.05, 0.1) is 5.02 Å². The third-order valence-corrected chi connectivity index (χ3v) is 2.91. The first-order valence-electron chi connectivity index (χ1n) is 5.11. The summed E-state index contributed by atoms with van der Waals surface area (Å²) in [7, 11) is 0. The molecule has 106 valence electrons. The van der Waals surface area contributed by atoms with Gasteiger partial charge in [-0.2, -0.15) is 18.2 Å². The zero-order chi connectivity index (χ0) is 14.9. The van der Waals surface area contributed by atoms with Gasteiger partial charge in [-0.1, -0.05) is 29.3 Å². The number of nitrogens with zero attached hydrogens (tertiary/aromatic N) is 2. The van der Waals surface area contributed by atoms with Crippen LogP contribution in [0.15, 0.2) is 24.3 Å². The molecule has 0 aliphatic heterocycles. The second kappa shape index (κ2) is 5.34. The molecule has 4 nitrogen and oxygen atoms in total. The van der Waals surface area contributed by atoms with Crippen molar-refractivity contribution >= 4 is 29.0 Å². The molecule has 0 radical (unpaired) electrons. The van der Waals surface area contributed by atoms with Gasteiger partial charge in [0.25, 0.3) is 0 Å². The van der Waals surface area contributed by atoms with Crippen LogP contribution in [0.3, 0.4) is 0 Å². The summed E-state index contributed by atoms with van der Waals surface area (Å²) >= 11 is 11.6. The van der Waals surface area contributed by atoms with Crippen LogP contribution >= 0.6 is 23.2 Å². The summed E-state index contributed by atoms with van der Waals surface area (Å²) in [6, 6.07) is 5.51. The Kier molecular flexibility index (Phi) is 3.92. The van der Waals surface area contributed by atoms with E-state index in [0.29, 0.717) is 0 Å². The standard InChI is InChI=1S/C11H6Cl2F3N3O/c12-5-2-1-3-6(9(5)13)20-8-4-7(17)18-10(19-8)11(14,15)16/h1-4H,(H2,17,18,19). The normalized spacial score (nSPS) is 11.4. The van der Waals surface area contributed by atoms with Gasteiger partial charge in [-0.05, 0) is 12.1 Å². The van der Waals surface area contributed by atoms with Crippen LogP contribution in [0, 0.1) is 0 Å². The topological polar surface area (TPSA) is 61.0 Å². The Balaban J connectivity index is 2.39. The predicted octanol–water partition coefficient (Wildman–Crippen LogP) is 4.18. The molecule has 1 aromatic carbocycles. The van der Waals surface area contributed by atoms with E-state index in [1.165, 1.54) is 18.2 Å². The molecule has 0 aliphatic rings. The fourth-order valence-electron chi connectivity index (χ4n) is 1.30. The summed E-state index contributed by atoms with van der Waals surface area (Å²) < 4.78 is 42.8. The minimum atomic E-state index is -4.73. The van der Waals surface area contributed by atoms with Crippen molar-refractivity contribution in [1.82, 2.24) is 9.97 Å². The highest BCUT2D eigenvalue weighted by Gasteiger charge is 2.35. The molecule has 1 heterocycles. The van der Waals surface area contributed by atoms with Crippen molar-refractivity contribution in [3.63, 3.8) is 0 Å². The van der Waals surface area contributed by atoms with Gasteiger partial charge in [-0.25, -0.2) is 4.98 Å². The Morgan fingerprint density at radius 1 is 1.15 bits per heavy atom. The van der Waals surface area contributed by atoms with Crippen LogP contribution in [0.5, 0.6) is 11.6 Å². The number of halogens is 5. The van der Waals surface area contributed by atoms with Crippen LogP contribution in [0.25, 0.3) is 0 Å². The molecule has 0 amide bonds. The van der Waals surface area contributed by atoms with E-state index in [-0.39, 0.29) is 27.5 Å². The Labute approximate surface area is 121 Å². The number of ether oxygens (including phenoxy) is 1. The van der Waals surface area contributed by atoms with Crippen LogP contribution < -0.4 is 10.5 Å². The van der Waals surface area contributed by atoms with Crippen molar-refractivity contribution in [2.75, 3.05) is 5.73 Å². The summed E-state index contributed by atoms with van der Waals surface area (Å²) in [5.74, 6) is -2.09. The number of aromatic nitrogens is 2. The summed E-state index contributed by atoms with van der Waals surface area (Å²) in [6.07, 6.45) is -4.73. The Hall–Kier alpha value is -1.73. The minimum Gasteiger partial charge on any atom is -0.437 e. The quantitative estimate of drug-likeness (QED) is 0.900. The van der Waals surface area contributed by atoms with E-state index in [2.05, 4.69) is 9.97 Å². The lowest BCUT2D eigenvalue weighted by molar-refractivity contribution is -0.145. The van der Waals surface area contributed by atoms with E-state index in [4.69, 9.17) is 33.7 Å². The van der Waals surface area contributed by atoms with Crippen molar-refractivity contribution in [2.45, 2.75) is 6.18 Å². The average molecular weight is 324 g/mol. The highest BCUT2D eigenvalue weighted by Crippen LogP contribution is 2.35. The molecule has 20 heavy (non-hydrogen) atoms. The number of alkyl halides is 3. The lowest BCUT2D eigenvalue weighted by Crippen LogP contribution is -2.12. The van der Waals surface area contributed by atoms with Crippen molar-refractivity contribution in [3.8, 4) is 11.6 Å². The Morgan fingerprint density at radius 2 is 1.85 bits per heavy atom. The maximum Gasteiger partial charge on any atom is 0.451 e. The van der Waals surface area contributed by atoms with Crippen molar-refractivity contribution < 1.29 is 17.9 Å². The summed E-state index contributed by atoms with van der Waals surface area (Å²) in [5, 5.41) is 0.252. The van der Waals surface area contributed by atoms with Crippen molar-refractivity contribution in [1.29, 1.82) is 0 Å². The SMILES string of the molecule is Nc1cc(Oc2cccc(Cl)c2Cl)nc(C(F)(F)F)n1. The number of hydrogen-bond acceptors (Lipinski definition) is 4. The van der Waals surface area contributed by atoms with Crippen LogP contribution in [0.2, 0.25) is 10.0 Å². The maximum atomic E-state index is 12.5. The minimum absolute atomic E-state index is 0.0555. The molecule has 0 saturated heterocycles. The summed E-state index contributed by atoms with van der Waals surface area (Å²) in [4.78, 5) is 6.32. The monoisotopic (exact) mass is 323 g/mol. The van der Waals surface area contributed by atoms with Crippen LogP contribution in [-0.4, -0.2) is 9.97 Å². The largest absolute Gasteiger partial charge is 0.451 e. The second-order valence-corrected chi connectivity index (χ2v) is 4.39. The second-order valence-electron chi connectivity index (χ2n) is 3.61. The number of nitrogens with two attached hydrogens (primary N) is 1. The smallest absolute Gasteiger partial charge is 0.437 e. The molecule has 1 aromatic heterocycles. The van der Waals surface area contributed by atoms with Gasteiger partial charge in [-0.15, -0.1) is 0 Å². The van der Waals surface area contributed by atoms with Gasteiger partial charge in [-0.3, -0.25) is 0 Å². The van der Waals surface area contributed by atoms with E-state index in [1.807, 2.05) is 0 Å². The molecular weight excluding hydrogens is 318 g/mol. The Morgan fingerprint density at radius 3 is 2.50 bits per heavy atom. The molecule has 9 heteroatoms. The molecule has 0 bridgehead atoms. The fraction of sp³-hybridized carbons (Fsp3) is 0.0909. The van der Waals surface area contributed by atoms with E-state index < -0.39 is 12.0 Å². The number of hydrogen-bond donors (Lipinski definition) is 1. The predicted molar refractivity (Wildman–Crippen MR) is 68.0 cm³/mol. The van der Waals surface area contributed by atoms with Gasteiger partial charge in [0.15, 0.2) is 0 Å². The first kappa shape index (κ1) is 14.7. The average Bonchev–Trinajstić information content (AvgIpc) is 2.33. The summed E-state index contributed by atoms with van der Waals surface area (Å²) in [6.45, 7) is 0. The zero-order valence-corrected chi connectivity index (χ0v) is 11.1. The van der Waals surface area contributed by atoms with Gasteiger partial charge < -0.3 is 10.5 Å². The van der Waals surface area contributed by atoms with E-state index in [0.717, 1.165) is 6.07 Å². The van der Waals surface area contributed by atoms with E-state index in [1.54, 1.807) is 0 Å². The summed E-state index contributed by atoms with van der Waals surface area (Å²) in [5.41, 5.74) is 5.29. The number of benzene rings is 1. The molecular formula is C11H6Cl2F3N3O. The first-order chi connectivity index (χ1) is 9.27. The van der Waals surface area contributed by atoms with Crippen molar-refractivity contribution in [3.05, 3.63) is 40.1 Å². The fourth-order valence-corrected chi connectivity index (χ4v) is 1.63. The number of anilines is 1. The zero-order valence-electron chi connectivity index (χ0n) is 9.58. The van der Waals surface area contributed by atoms with Crippen LogP contribution in [0.1, 0.15) is 5.82 Å². The maximum absolute atomic E-state index is 12.5. The van der Waals surface area contributed by atoms with Crippen LogP contribution in [-0.2, 0) is 6.18 Å². The molecule has 0 fully saturated rings. The molecule has 0 aliphatic carbocycles. The molecule has 2 aromatic rings. The molecule has 0 spiro atoms. The lowest BCUT2D eigenvalue weighted by Gasteiger charge is -2.10. The molecule has 0 saturated carbocycles. The molecule has 2 N–H and O–H groups in total. The van der Waals surface area contributed by atoms with Gasteiger partial charge in [0.2, 0.25) is 11.7 Å². The number of nitrogen functional groups attached to an aromatic ring is 1. The first-order valence-corrected chi connectivity index (χ1v) is 5.86. The van der Waals surface area contributed by atoms with Crippen molar-refractivity contribution in [2.24, 2.45) is 0 Å². The third kappa shape index (κ3) is 3.23. The van der Waals surface area contributed by atoms with E-state index >= 15 is 0 Å². The van der Waals surface area contributed by atoms with Gasteiger partial charge in [0.1, 0.15) is 16.6 Å². The molecule has 0 unspecified atom stereocenters. The number of rotatable bonds is 2. The van der Waals surface area contributed by atoms with Crippen LogP contribution in [0.4, 0.5) is 19.0 Å².